The molecule has 1 atom stereocenters. The van der Waals surface area contributed by atoms with Gasteiger partial charge in [-0.05, 0) is 56.0 Å². The molecule has 1 aliphatic rings. The molecule has 0 radical (unpaired) electrons. The summed E-state index contributed by atoms with van der Waals surface area (Å²) in [6.45, 7) is 4.09. The maximum absolute atomic E-state index is 5.80. The van der Waals surface area contributed by atoms with Crippen molar-refractivity contribution >= 4 is 15.9 Å². The van der Waals surface area contributed by atoms with Crippen LogP contribution in [-0.4, -0.2) is 19.2 Å². The number of hydrogen-bond acceptors (Lipinski definition) is 2. The summed E-state index contributed by atoms with van der Waals surface area (Å²) in [5.74, 6) is 1.05. The van der Waals surface area contributed by atoms with Crippen LogP contribution in [0, 0.1) is 0 Å². The summed E-state index contributed by atoms with van der Waals surface area (Å²) < 4.78 is 6.94. The molecule has 1 aromatic rings. The number of nitrogens with one attached hydrogen (secondary N) is 1. The van der Waals surface area contributed by atoms with E-state index in [9.17, 15) is 0 Å². The first-order valence-electron chi connectivity index (χ1n) is 6.44. The Labute approximate surface area is 112 Å². The SMILES string of the molecule is CCCOc1ccc(Br)cc1CC1CCCN1. The van der Waals surface area contributed by atoms with Gasteiger partial charge >= 0.3 is 0 Å². The van der Waals surface area contributed by atoms with Crippen LogP contribution < -0.4 is 10.1 Å². The molecule has 0 aromatic heterocycles. The highest BCUT2D eigenvalue weighted by molar-refractivity contribution is 9.10. The van der Waals surface area contributed by atoms with E-state index in [1.54, 1.807) is 0 Å². The minimum atomic E-state index is 0.619. The van der Waals surface area contributed by atoms with E-state index in [4.69, 9.17) is 4.74 Å². The second kappa shape index (κ2) is 6.41. The van der Waals surface area contributed by atoms with Crippen molar-refractivity contribution in [3.63, 3.8) is 0 Å². The first-order chi connectivity index (χ1) is 8.29. The van der Waals surface area contributed by atoms with Gasteiger partial charge in [-0.3, -0.25) is 0 Å². The lowest BCUT2D eigenvalue weighted by Gasteiger charge is -2.15. The molecule has 94 valence electrons. The fourth-order valence-electron chi connectivity index (χ4n) is 2.26. The van der Waals surface area contributed by atoms with Crippen LogP contribution in [0.2, 0.25) is 0 Å². The fraction of sp³-hybridized carbons (Fsp3) is 0.571. The topological polar surface area (TPSA) is 21.3 Å². The van der Waals surface area contributed by atoms with E-state index in [0.29, 0.717) is 6.04 Å². The van der Waals surface area contributed by atoms with Gasteiger partial charge in [0.05, 0.1) is 6.61 Å². The summed E-state index contributed by atoms with van der Waals surface area (Å²) in [4.78, 5) is 0. The molecule has 0 amide bonds. The normalized spacial score (nSPS) is 19.5. The summed E-state index contributed by atoms with van der Waals surface area (Å²) in [7, 11) is 0. The van der Waals surface area contributed by atoms with E-state index >= 15 is 0 Å². The molecular weight excluding hydrogens is 278 g/mol. The summed E-state index contributed by atoms with van der Waals surface area (Å²) >= 11 is 3.54. The van der Waals surface area contributed by atoms with Crippen molar-refractivity contribution in [2.24, 2.45) is 0 Å². The van der Waals surface area contributed by atoms with Gasteiger partial charge in [-0.25, -0.2) is 0 Å². The maximum atomic E-state index is 5.80. The minimum Gasteiger partial charge on any atom is -0.493 e. The average Bonchev–Trinajstić information content (AvgIpc) is 2.81. The molecule has 2 rings (SSSR count). The lowest BCUT2D eigenvalue weighted by Crippen LogP contribution is -2.23. The van der Waals surface area contributed by atoms with Crippen LogP contribution in [0.4, 0.5) is 0 Å². The van der Waals surface area contributed by atoms with Crippen LogP contribution in [0.1, 0.15) is 31.7 Å². The van der Waals surface area contributed by atoms with Gasteiger partial charge in [-0.15, -0.1) is 0 Å². The molecule has 1 saturated heterocycles. The van der Waals surface area contributed by atoms with Gasteiger partial charge in [0, 0.05) is 10.5 Å². The third-order valence-electron chi connectivity index (χ3n) is 3.11. The van der Waals surface area contributed by atoms with E-state index in [1.807, 2.05) is 0 Å². The van der Waals surface area contributed by atoms with E-state index in [0.717, 1.165) is 36.2 Å². The summed E-state index contributed by atoms with van der Waals surface area (Å²) in [6.07, 6.45) is 4.69. The molecule has 1 N–H and O–H groups in total. The van der Waals surface area contributed by atoms with Gasteiger partial charge in [0.25, 0.3) is 0 Å². The highest BCUT2D eigenvalue weighted by Crippen LogP contribution is 2.26. The number of benzene rings is 1. The van der Waals surface area contributed by atoms with E-state index in [-0.39, 0.29) is 0 Å². The Balaban J connectivity index is 2.08. The molecule has 3 heteroatoms. The molecule has 1 aromatic carbocycles. The average molecular weight is 298 g/mol. The van der Waals surface area contributed by atoms with Crippen molar-refractivity contribution in [1.29, 1.82) is 0 Å². The maximum Gasteiger partial charge on any atom is 0.122 e. The van der Waals surface area contributed by atoms with Gasteiger partial charge in [-0.2, -0.15) is 0 Å². The van der Waals surface area contributed by atoms with Crippen LogP contribution in [0.15, 0.2) is 22.7 Å². The molecule has 1 heterocycles. The first kappa shape index (κ1) is 12.9. The Kier molecular flexibility index (Phi) is 4.86. The van der Waals surface area contributed by atoms with E-state index < -0.39 is 0 Å². The molecule has 17 heavy (non-hydrogen) atoms. The zero-order valence-electron chi connectivity index (χ0n) is 10.3. The fourth-order valence-corrected chi connectivity index (χ4v) is 2.67. The van der Waals surface area contributed by atoms with E-state index in [1.165, 1.54) is 18.4 Å². The van der Waals surface area contributed by atoms with Crippen molar-refractivity contribution in [3.8, 4) is 5.75 Å². The summed E-state index contributed by atoms with van der Waals surface area (Å²) in [5, 5.41) is 3.54. The van der Waals surface area contributed by atoms with Crippen LogP contribution >= 0.6 is 15.9 Å². The van der Waals surface area contributed by atoms with Crippen molar-refractivity contribution in [1.82, 2.24) is 5.32 Å². The molecule has 1 fully saturated rings. The lowest BCUT2D eigenvalue weighted by molar-refractivity contribution is 0.313. The quantitative estimate of drug-likeness (QED) is 0.898. The Bertz CT molecular complexity index is 361. The molecular formula is C14H20BrNO. The Morgan fingerprint density at radius 1 is 1.47 bits per heavy atom. The molecule has 0 spiro atoms. The molecule has 0 bridgehead atoms. The van der Waals surface area contributed by atoms with E-state index in [2.05, 4.69) is 46.4 Å². The highest BCUT2D eigenvalue weighted by atomic mass is 79.9. The minimum absolute atomic E-state index is 0.619. The second-order valence-corrected chi connectivity index (χ2v) is 5.51. The van der Waals surface area contributed by atoms with Crippen LogP contribution in [0.3, 0.4) is 0 Å². The zero-order valence-corrected chi connectivity index (χ0v) is 11.9. The second-order valence-electron chi connectivity index (χ2n) is 4.60. The van der Waals surface area contributed by atoms with Gasteiger partial charge < -0.3 is 10.1 Å². The Morgan fingerprint density at radius 3 is 3.06 bits per heavy atom. The Hall–Kier alpha value is -0.540. The zero-order chi connectivity index (χ0) is 12.1. The van der Waals surface area contributed by atoms with Crippen LogP contribution in [-0.2, 0) is 6.42 Å². The molecule has 2 nitrogen and oxygen atoms in total. The molecule has 1 aliphatic heterocycles. The molecule has 0 saturated carbocycles. The Morgan fingerprint density at radius 2 is 2.35 bits per heavy atom. The third kappa shape index (κ3) is 3.71. The lowest BCUT2D eigenvalue weighted by atomic mass is 10.0. The smallest absolute Gasteiger partial charge is 0.122 e. The summed E-state index contributed by atoms with van der Waals surface area (Å²) in [6, 6.07) is 6.93. The molecule has 0 aliphatic carbocycles. The van der Waals surface area contributed by atoms with Crippen LogP contribution in [0.25, 0.3) is 0 Å². The standard InChI is InChI=1S/C14H20BrNO/c1-2-8-17-14-6-5-12(15)9-11(14)10-13-4-3-7-16-13/h5-6,9,13,16H,2-4,7-8,10H2,1H3. The van der Waals surface area contributed by atoms with Gasteiger partial charge in [0.1, 0.15) is 5.75 Å². The first-order valence-corrected chi connectivity index (χ1v) is 7.23. The van der Waals surface area contributed by atoms with Crippen molar-refractivity contribution < 1.29 is 4.74 Å². The number of halogens is 1. The monoisotopic (exact) mass is 297 g/mol. The predicted molar refractivity (Wildman–Crippen MR) is 74.7 cm³/mol. The van der Waals surface area contributed by atoms with Gasteiger partial charge in [0.15, 0.2) is 0 Å². The summed E-state index contributed by atoms with van der Waals surface area (Å²) in [5.41, 5.74) is 1.31. The molecule has 1 unspecified atom stereocenters. The number of rotatable bonds is 5. The third-order valence-corrected chi connectivity index (χ3v) is 3.61. The largest absolute Gasteiger partial charge is 0.493 e. The number of hydrogen-bond donors (Lipinski definition) is 1. The highest BCUT2D eigenvalue weighted by Gasteiger charge is 2.16. The van der Waals surface area contributed by atoms with Gasteiger partial charge in [0.2, 0.25) is 0 Å². The number of ether oxygens (including phenoxy) is 1. The predicted octanol–water partition coefficient (Wildman–Crippen LogP) is 3.53. The van der Waals surface area contributed by atoms with Crippen molar-refractivity contribution in [2.45, 2.75) is 38.6 Å². The van der Waals surface area contributed by atoms with Crippen molar-refractivity contribution in [2.75, 3.05) is 13.2 Å². The van der Waals surface area contributed by atoms with Gasteiger partial charge in [-0.1, -0.05) is 22.9 Å². The van der Waals surface area contributed by atoms with Crippen LogP contribution in [0.5, 0.6) is 5.75 Å². The van der Waals surface area contributed by atoms with Crippen molar-refractivity contribution in [3.05, 3.63) is 28.2 Å².